The Kier molecular flexibility index (Phi) is 12.0. The van der Waals surface area contributed by atoms with E-state index in [1.54, 1.807) is 0 Å². The highest BCUT2D eigenvalue weighted by atomic mass is 32.2. The van der Waals surface area contributed by atoms with Crippen molar-refractivity contribution in [2.24, 2.45) is 16.6 Å². The molecule has 1 aromatic heterocycles. The highest BCUT2D eigenvalue weighted by Crippen LogP contribution is 2.19. The van der Waals surface area contributed by atoms with Crippen LogP contribution in [0.25, 0.3) is 0 Å². The molecule has 11 heteroatoms. The minimum atomic E-state index is -3.51. The molecule has 34 heavy (non-hydrogen) atoms. The summed E-state index contributed by atoms with van der Waals surface area (Å²) in [6.07, 6.45) is 4.38. The van der Waals surface area contributed by atoms with E-state index in [4.69, 9.17) is 21.5 Å². The summed E-state index contributed by atoms with van der Waals surface area (Å²) in [6, 6.07) is 9.49. The molecule has 0 aliphatic carbocycles. The topological polar surface area (TPSA) is 168 Å². The Labute approximate surface area is 201 Å². The van der Waals surface area contributed by atoms with Crippen molar-refractivity contribution < 1.29 is 13.2 Å². The first-order chi connectivity index (χ1) is 16.2. The number of H-pyrrole nitrogens is 1. The molecule has 2 heterocycles. The van der Waals surface area contributed by atoms with E-state index in [1.165, 1.54) is 57.0 Å². The highest BCUT2D eigenvalue weighted by Gasteiger charge is 2.17. The van der Waals surface area contributed by atoms with E-state index >= 15 is 0 Å². The first kappa shape index (κ1) is 28.8. The standard InChI is InChI=1S/C14H17N5O3S.C7H11NO.C2H6/c1-19(2)23(21,22)10-5-3-9(4-6-10)18-13(16)12-11(15)7-8-17-14(12)20;8-4-3-7-2-1-5-9-6-7;1-2/h3-8H,1-2H3,(H2,16,18)(H3,15,17,20);7H,1-3,5-6H2;1-2H3/t;7-;/m.0./s1. The van der Waals surface area contributed by atoms with Crippen LogP contribution in [0.1, 0.15) is 38.7 Å². The molecule has 10 nitrogen and oxygen atoms in total. The number of nitrogens with zero attached hydrogens (tertiary/aromatic N) is 3. The molecule has 0 unspecified atom stereocenters. The summed E-state index contributed by atoms with van der Waals surface area (Å²) in [5.41, 5.74) is 11.8. The van der Waals surface area contributed by atoms with Crippen LogP contribution in [0.4, 0.5) is 11.4 Å². The van der Waals surface area contributed by atoms with E-state index in [9.17, 15) is 13.2 Å². The molecule has 1 saturated heterocycles. The number of nitrogens with two attached hydrogens (primary N) is 2. The molecule has 0 saturated carbocycles. The summed E-state index contributed by atoms with van der Waals surface area (Å²) in [4.78, 5) is 18.5. The predicted octanol–water partition coefficient (Wildman–Crippen LogP) is 2.60. The Morgan fingerprint density at radius 2 is 1.91 bits per heavy atom. The number of amidine groups is 1. The third-order valence-electron chi connectivity index (χ3n) is 4.75. The van der Waals surface area contributed by atoms with E-state index in [0.29, 0.717) is 18.0 Å². The number of anilines is 1. The van der Waals surface area contributed by atoms with Crippen molar-refractivity contribution in [3.05, 3.63) is 52.4 Å². The monoisotopic (exact) mass is 490 g/mol. The van der Waals surface area contributed by atoms with Gasteiger partial charge in [-0.3, -0.25) is 4.79 Å². The number of rotatable bonds is 5. The van der Waals surface area contributed by atoms with Crippen LogP contribution in [-0.4, -0.2) is 50.9 Å². The molecule has 2 aromatic rings. The zero-order chi connectivity index (χ0) is 25.7. The zero-order valence-electron chi connectivity index (χ0n) is 20.1. The van der Waals surface area contributed by atoms with Crippen molar-refractivity contribution in [1.29, 1.82) is 5.26 Å². The van der Waals surface area contributed by atoms with Gasteiger partial charge < -0.3 is 21.2 Å². The molecule has 0 bridgehead atoms. The number of aromatic nitrogens is 1. The van der Waals surface area contributed by atoms with Crippen molar-refractivity contribution in [3.63, 3.8) is 0 Å². The number of nitrogen functional groups attached to an aromatic ring is 1. The average molecular weight is 491 g/mol. The lowest BCUT2D eigenvalue weighted by Crippen LogP contribution is -2.25. The maximum Gasteiger partial charge on any atom is 0.261 e. The van der Waals surface area contributed by atoms with Gasteiger partial charge in [0.2, 0.25) is 10.0 Å². The van der Waals surface area contributed by atoms with E-state index in [-0.39, 0.29) is 22.0 Å². The second-order valence-corrected chi connectivity index (χ2v) is 9.51. The van der Waals surface area contributed by atoms with Crippen LogP contribution in [0.3, 0.4) is 0 Å². The number of aliphatic imine (C=N–C) groups is 1. The lowest BCUT2D eigenvalue weighted by Gasteiger charge is -2.18. The highest BCUT2D eigenvalue weighted by molar-refractivity contribution is 7.89. The van der Waals surface area contributed by atoms with E-state index in [2.05, 4.69) is 16.0 Å². The number of nitrogens with one attached hydrogen (secondary N) is 1. The number of sulfonamides is 1. The van der Waals surface area contributed by atoms with Crippen LogP contribution in [0, 0.1) is 17.2 Å². The van der Waals surface area contributed by atoms with Gasteiger partial charge in [0.25, 0.3) is 5.56 Å². The summed E-state index contributed by atoms with van der Waals surface area (Å²) in [6.45, 7) is 5.69. The zero-order valence-corrected chi connectivity index (χ0v) is 20.9. The van der Waals surface area contributed by atoms with Gasteiger partial charge in [-0.25, -0.2) is 17.7 Å². The van der Waals surface area contributed by atoms with Crippen LogP contribution < -0.4 is 17.0 Å². The Balaban J connectivity index is 0.000000437. The number of nitriles is 1. The Morgan fingerprint density at radius 1 is 1.26 bits per heavy atom. The molecule has 1 fully saturated rings. The van der Waals surface area contributed by atoms with Crippen molar-refractivity contribution in [2.45, 2.75) is 38.0 Å². The third-order valence-corrected chi connectivity index (χ3v) is 6.58. The molecule has 3 rings (SSSR count). The molecular formula is C23H34N6O4S. The van der Waals surface area contributed by atoms with Crippen molar-refractivity contribution in [3.8, 4) is 6.07 Å². The fourth-order valence-electron chi connectivity index (χ4n) is 2.95. The van der Waals surface area contributed by atoms with Gasteiger partial charge in [-0.1, -0.05) is 13.8 Å². The largest absolute Gasteiger partial charge is 0.398 e. The van der Waals surface area contributed by atoms with Gasteiger partial charge in [0.15, 0.2) is 0 Å². The normalized spacial score (nSPS) is 15.9. The molecule has 186 valence electrons. The minimum absolute atomic E-state index is 0.0485. The predicted molar refractivity (Wildman–Crippen MR) is 134 cm³/mol. The van der Waals surface area contributed by atoms with Crippen LogP contribution in [0.5, 0.6) is 0 Å². The Bertz CT molecular complexity index is 1130. The Hall–Kier alpha value is -3.20. The third kappa shape index (κ3) is 8.30. The summed E-state index contributed by atoms with van der Waals surface area (Å²) < 4.78 is 30.3. The summed E-state index contributed by atoms with van der Waals surface area (Å²) >= 11 is 0. The van der Waals surface area contributed by atoms with Crippen molar-refractivity contribution in [1.82, 2.24) is 9.29 Å². The number of aromatic amines is 1. The van der Waals surface area contributed by atoms with Gasteiger partial charge in [0.1, 0.15) is 11.4 Å². The second-order valence-electron chi connectivity index (χ2n) is 7.36. The fraction of sp³-hybridized carbons (Fsp3) is 0.435. The second kappa shape index (κ2) is 14.1. The maximum atomic E-state index is 12.0. The minimum Gasteiger partial charge on any atom is -0.398 e. The number of hydrogen-bond acceptors (Lipinski definition) is 7. The van der Waals surface area contributed by atoms with Crippen molar-refractivity contribution in [2.75, 3.05) is 33.0 Å². The van der Waals surface area contributed by atoms with Crippen molar-refractivity contribution >= 4 is 27.2 Å². The number of ether oxygens (including phenoxy) is 1. The lowest BCUT2D eigenvalue weighted by atomic mass is 10.00. The fourth-order valence-corrected chi connectivity index (χ4v) is 3.86. The SMILES string of the molecule is CC.CN(C)S(=O)(=O)c1ccc(N=C(N)c2c(N)cc[nH]c2=O)cc1.N#CC[C@@H]1CCCOC1. The quantitative estimate of drug-likeness (QED) is 0.427. The molecule has 1 atom stereocenters. The average Bonchev–Trinajstić information content (AvgIpc) is 2.82. The molecule has 0 amide bonds. The molecule has 1 aromatic carbocycles. The smallest absolute Gasteiger partial charge is 0.261 e. The number of hydrogen-bond donors (Lipinski definition) is 3. The van der Waals surface area contributed by atoms with Gasteiger partial charge in [0, 0.05) is 39.0 Å². The van der Waals surface area contributed by atoms with Gasteiger partial charge in [-0.15, -0.1) is 0 Å². The van der Waals surface area contributed by atoms with Crippen LogP contribution in [0.15, 0.2) is 51.2 Å². The van der Waals surface area contributed by atoms with Gasteiger partial charge in [-0.05, 0) is 49.1 Å². The maximum absolute atomic E-state index is 12.0. The molecule has 5 N–H and O–H groups in total. The first-order valence-corrected chi connectivity index (χ1v) is 12.4. The molecule has 1 aliphatic heterocycles. The molecule has 0 radical (unpaired) electrons. The van der Waals surface area contributed by atoms with Gasteiger partial charge in [0.05, 0.1) is 23.3 Å². The summed E-state index contributed by atoms with van der Waals surface area (Å²) in [7, 11) is -0.613. The van der Waals surface area contributed by atoms with Crippen LogP contribution in [-0.2, 0) is 14.8 Å². The van der Waals surface area contributed by atoms with E-state index in [1.807, 2.05) is 13.8 Å². The van der Waals surface area contributed by atoms with E-state index in [0.717, 1.165) is 23.9 Å². The lowest BCUT2D eigenvalue weighted by molar-refractivity contribution is 0.0566. The molecule has 1 aliphatic rings. The number of benzene rings is 1. The van der Waals surface area contributed by atoms with E-state index < -0.39 is 15.6 Å². The molecular weight excluding hydrogens is 456 g/mol. The van der Waals surface area contributed by atoms with Crippen LogP contribution in [0.2, 0.25) is 0 Å². The summed E-state index contributed by atoms with van der Waals surface area (Å²) in [5, 5.41) is 8.31. The number of pyridine rings is 1. The van der Waals surface area contributed by atoms with Gasteiger partial charge >= 0.3 is 0 Å². The van der Waals surface area contributed by atoms with Crippen LogP contribution >= 0.6 is 0 Å². The summed E-state index contributed by atoms with van der Waals surface area (Å²) in [5.74, 6) is 0.469. The first-order valence-electron chi connectivity index (χ1n) is 11.0. The molecule has 0 spiro atoms. The van der Waals surface area contributed by atoms with Gasteiger partial charge in [-0.2, -0.15) is 5.26 Å². The Morgan fingerprint density at radius 3 is 2.41 bits per heavy atom.